The highest BCUT2D eigenvalue weighted by Crippen LogP contribution is 2.24. The van der Waals surface area contributed by atoms with Crippen LogP contribution in [0.3, 0.4) is 0 Å². The SMILES string of the molecule is OCCCCNCC1CCC1. The van der Waals surface area contributed by atoms with Crippen LogP contribution in [0, 0.1) is 5.92 Å². The zero-order valence-electron chi connectivity index (χ0n) is 7.18. The Kier molecular flexibility index (Phi) is 4.55. The Morgan fingerprint density at radius 2 is 2.09 bits per heavy atom. The Balaban J connectivity index is 1.73. The summed E-state index contributed by atoms with van der Waals surface area (Å²) in [6, 6.07) is 0. The monoisotopic (exact) mass is 157 g/mol. The molecule has 1 aliphatic carbocycles. The third-order valence-electron chi connectivity index (χ3n) is 2.42. The minimum absolute atomic E-state index is 0.338. The van der Waals surface area contributed by atoms with Gasteiger partial charge in [-0.15, -0.1) is 0 Å². The average molecular weight is 157 g/mol. The van der Waals surface area contributed by atoms with Gasteiger partial charge >= 0.3 is 0 Å². The van der Waals surface area contributed by atoms with E-state index in [1.54, 1.807) is 0 Å². The Morgan fingerprint density at radius 1 is 1.27 bits per heavy atom. The van der Waals surface area contributed by atoms with Gasteiger partial charge in [-0.1, -0.05) is 6.42 Å². The molecular weight excluding hydrogens is 138 g/mol. The van der Waals surface area contributed by atoms with E-state index in [0.717, 1.165) is 25.3 Å². The normalized spacial score (nSPS) is 18.3. The number of nitrogens with one attached hydrogen (secondary N) is 1. The fraction of sp³-hybridized carbons (Fsp3) is 1.00. The molecule has 0 heterocycles. The molecule has 0 aromatic heterocycles. The summed E-state index contributed by atoms with van der Waals surface area (Å²) >= 11 is 0. The van der Waals surface area contributed by atoms with E-state index in [4.69, 9.17) is 5.11 Å². The van der Waals surface area contributed by atoms with Crippen molar-refractivity contribution in [2.75, 3.05) is 19.7 Å². The zero-order valence-corrected chi connectivity index (χ0v) is 7.18. The van der Waals surface area contributed by atoms with Crippen LogP contribution in [0.4, 0.5) is 0 Å². The Morgan fingerprint density at radius 3 is 2.64 bits per heavy atom. The van der Waals surface area contributed by atoms with E-state index in [1.807, 2.05) is 0 Å². The highest BCUT2D eigenvalue weighted by Gasteiger charge is 2.15. The second kappa shape index (κ2) is 5.56. The molecule has 66 valence electrons. The standard InChI is InChI=1S/C9H19NO/c11-7-2-1-6-10-8-9-4-3-5-9/h9-11H,1-8H2. The molecule has 0 aromatic rings. The predicted octanol–water partition coefficient (Wildman–Crippen LogP) is 1.15. The minimum atomic E-state index is 0.338. The van der Waals surface area contributed by atoms with Crippen LogP contribution < -0.4 is 5.32 Å². The number of hydrogen-bond acceptors (Lipinski definition) is 2. The van der Waals surface area contributed by atoms with E-state index >= 15 is 0 Å². The van der Waals surface area contributed by atoms with Crippen molar-refractivity contribution in [2.24, 2.45) is 5.92 Å². The van der Waals surface area contributed by atoms with E-state index in [9.17, 15) is 0 Å². The van der Waals surface area contributed by atoms with Gasteiger partial charge in [-0.3, -0.25) is 0 Å². The molecule has 0 saturated heterocycles. The van der Waals surface area contributed by atoms with Crippen LogP contribution in [0.1, 0.15) is 32.1 Å². The van der Waals surface area contributed by atoms with E-state index in [0.29, 0.717) is 6.61 Å². The van der Waals surface area contributed by atoms with Gasteiger partial charge in [-0.2, -0.15) is 0 Å². The van der Waals surface area contributed by atoms with Gasteiger partial charge in [-0.25, -0.2) is 0 Å². The van der Waals surface area contributed by atoms with Gasteiger partial charge in [0.15, 0.2) is 0 Å². The van der Waals surface area contributed by atoms with Crippen LogP contribution in [0.25, 0.3) is 0 Å². The van der Waals surface area contributed by atoms with Gasteiger partial charge < -0.3 is 10.4 Å². The summed E-state index contributed by atoms with van der Waals surface area (Å²) in [6.45, 7) is 2.62. The molecular formula is C9H19NO. The largest absolute Gasteiger partial charge is 0.396 e. The molecule has 11 heavy (non-hydrogen) atoms. The van der Waals surface area contributed by atoms with Crippen molar-refractivity contribution in [2.45, 2.75) is 32.1 Å². The van der Waals surface area contributed by atoms with Crippen LogP contribution in [0.15, 0.2) is 0 Å². The van der Waals surface area contributed by atoms with Crippen LogP contribution >= 0.6 is 0 Å². The summed E-state index contributed by atoms with van der Waals surface area (Å²) in [4.78, 5) is 0. The van der Waals surface area contributed by atoms with Crippen molar-refractivity contribution in [1.29, 1.82) is 0 Å². The van der Waals surface area contributed by atoms with Crippen LogP contribution in [-0.2, 0) is 0 Å². The van der Waals surface area contributed by atoms with Crippen LogP contribution in [-0.4, -0.2) is 24.8 Å². The van der Waals surface area contributed by atoms with Gasteiger partial charge in [0.05, 0.1) is 0 Å². The molecule has 2 N–H and O–H groups in total. The van der Waals surface area contributed by atoms with Crippen molar-refractivity contribution < 1.29 is 5.11 Å². The van der Waals surface area contributed by atoms with Crippen molar-refractivity contribution in [3.8, 4) is 0 Å². The molecule has 0 amide bonds. The maximum Gasteiger partial charge on any atom is 0.0431 e. The zero-order chi connectivity index (χ0) is 7.94. The summed E-state index contributed by atoms with van der Waals surface area (Å²) in [6.07, 6.45) is 6.34. The van der Waals surface area contributed by atoms with E-state index in [-0.39, 0.29) is 0 Å². The first-order valence-electron chi connectivity index (χ1n) is 4.75. The molecule has 0 aliphatic heterocycles. The van der Waals surface area contributed by atoms with Gasteiger partial charge in [0, 0.05) is 6.61 Å². The summed E-state index contributed by atoms with van der Waals surface area (Å²) in [5, 5.41) is 11.9. The third-order valence-corrected chi connectivity index (χ3v) is 2.42. The van der Waals surface area contributed by atoms with Crippen molar-refractivity contribution in [3.05, 3.63) is 0 Å². The van der Waals surface area contributed by atoms with Gasteiger partial charge in [-0.05, 0) is 44.7 Å². The molecule has 2 nitrogen and oxygen atoms in total. The topological polar surface area (TPSA) is 32.3 Å². The first kappa shape index (κ1) is 9.01. The highest BCUT2D eigenvalue weighted by molar-refractivity contribution is 4.71. The molecule has 1 rings (SSSR count). The van der Waals surface area contributed by atoms with Gasteiger partial charge in [0.2, 0.25) is 0 Å². The molecule has 0 atom stereocenters. The quantitative estimate of drug-likeness (QED) is 0.567. The summed E-state index contributed by atoms with van der Waals surface area (Å²) in [5.41, 5.74) is 0. The Labute approximate surface area is 69.0 Å². The second-order valence-electron chi connectivity index (χ2n) is 3.43. The highest BCUT2D eigenvalue weighted by atomic mass is 16.2. The fourth-order valence-electron chi connectivity index (χ4n) is 1.36. The number of hydrogen-bond donors (Lipinski definition) is 2. The molecule has 0 spiro atoms. The fourth-order valence-corrected chi connectivity index (χ4v) is 1.36. The maximum absolute atomic E-state index is 8.50. The van der Waals surface area contributed by atoms with Gasteiger partial charge in [0.1, 0.15) is 0 Å². The second-order valence-corrected chi connectivity index (χ2v) is 3.43. The summed E-state index contributed by atoms with van der Waals surface area (Å²) in [5.74, 6) is 0.962. The van der Waals surface area contributed by atoms with E-state index in [2.05, 4.69) is 5.32 Å². The molecule has 0 unspecified atom stereocenters. The van der Waals surface area contributed by atoms with Crippen molar-refractivity contribution in [3.63, 3.8) is 0 Å². The molecule has 1 saturated carbocycles. The van der Waals surface area contributed by atoms with Crippen molar-refractivity contribution in [1.82, 2.24) is 5.32 Å². The van der Waals surface area contributed by atoms with Crippen molar-refractivity contribution >= 4 is 0 Å². The lowest BCUT2D eigenvalue weighted by Crippen LogP contribution is -2.27. The average Bonchev–Trinajstić information content (AvgIpc) is 1.93. The molecule has 1 aliphatic rings. The first-order chi connectivity index (χ1) is 5.43. The summed E-state index contributed by atoms with van der Waals surface area (Å²) < 4.78 is 0. The Hall–Kier alpha value is -0.0800. The number of unbranched alkanes of at least 4 members (excludes halogenated alkanes) is 1. The lowest BCUT2D eigenvalue weighted by atomic mass is 9.85. The smallest absolute Gasteiger partial charge is 0.0431 e. The molecule has 1 fully saturated rings. The van der Waals surface area contributed by atoms with Gasteiger partial charge in [0.25, 0.3) is 0 Å². The summed E-state index contributed by atoms with van der Waals surface area (Å²) in [7, 11) is 0. The third kappa shape index (κ3) is 3.73. The first-order valence-corrected chi connectivity index (χ1v) is 4.75. The molecule has 0 aromatic carbocycles. The lowest BCUT2D eigenvalue weighted by molar-refractivity contribution is 0.277. The Bertz CT molecular complexity index is 91.6. The minimum Gasteiger partial charge on any atom is -0.396 e. The molecule has 2 heteroatoms. The van der Waals surface area contributed by atoms with Crippen LogP contribution in [0.5, 0.6) is 0 Å². The van der Waals surface area contributed by atoms with E-state index < -0.39 is 0 Å². The number of aliphatic hydroxyl groups is 1. The molecule has 0 bridgehead atoms. The number of aliphatic hydroxyl groups excluding tert-OH is 1. The van der Waals surface area contributed by atoms with E-state index in [1.165, 1.54) is 25.8 Å². The van der Waals surface area contributed by atoms with Crippen LogP contribution in [0.2, 0.25) is 0 Å². The predicted molar refractivity (Wildman–Crippen MR) is 46.5 cm³/mol. The number of rotatable bonds is 6. The maximum atomic E-state index is 8.50. The lowest BCUT2D eigenvalue weighted by Gasteiger charge is -2.25. The molecule has 0 radical (unpaired) electrons.